The number of hydrogen-bond acceptors (Lipinski definition) is 4. The second kappa shape index (κ2) is 7.04. The van der Waals surface area contributed by atoms with E-state index in [4.69, 9.17) is 9.63 Å². The highest BCUT2D eigenvalue weighted by atomic mass is 19.1. The molecule has 2 N–H and O–H groups in total. The molecule has 1 aromatic carbocycles. The molecular weight excluding hydrogens is 303 g/mol. The summed E-state index contributed by atoms with van der Waals surface area (Å²) in [5.41, 5.74) is 0.570. The fourth-order valence-electron chi connectivity index (χ4n) is 2.02. The van der Waals surface area contributed by atoms with Crippen LogP contribution in [0.25, 0.3) is 0 Å². The van der Waals surface area contributed by atoms with Gasteiger partial charge < -0.3 is 14.9 Å². The number of carbonyl (C=O) groups excluding carboxylic acids is 1. The minimum absolute atomic E-state index is 0.0752. The van der Waals surface area contributed by atoms with E-state index in [2.05, 4.69) is 10.5 Å². The summed E-state index contributed by atoms with van der Waals surface area (Å²) in [7, 11) is 0. The van der Waals surface area contributed by atoms with Crippen molar-refractivity contribution in [2.24, 2.45) is 0 Å². The van der Waals surface area contributed by atoms with Crippen LogP contribution in [-0.2, 0) is 4.79 Å². The Balaban J connectivity index is 2.17. The van der Waals surface area contributed by atoms with Crippen LogP contribution in [0.1, 0.15) is 54.0 Å². The van der Waals surface area contributed by atoms with E-state index in [1.54, 1.807) is 0 Å². The number of rotatable bonds is 6. The monoisotopic (exact) mass is 320 g/mol. The Morgan fingerprint density at radius 1 is 1.30 bits per heavy atom. The molecule has 0 saturated heterocycles. The Labute approximate surface area is 132 Å². The topological polar surface area (TPSA) is 92.4 Å². The number of hydrogen-bond donors (Lipinski definition) is 2. The zero-order valence-electron chi connectivity index (χ0n) is 12.7. The molecule has 2 rings (SSSR count). The predicted molar refractivity (Wildman–Crippen MR) is 79.5 cm³/mol. The second-order valence-corrected chi connectivity index (χ2v) is 5.44. The van der Waals surface area contributed by atoms with Crippen LogP contribution in [-0.4, -0.2) is 22.1 Å². The SMILES string of the molecule is CC(C)c1cc(C(=O)N[C@H](CC(=O)O)c2ccc(F)cc2)no1. The van der Waals surface area contributed by atoms with Gasteiger partial charge in [-0.05, 0) is 17.7 Å². The Hall–Kier alpha value is -2.70. The maximum absolute atomic E-state index is 13.0. The lowest BCUT2D eigenvalue weighted by Gasteiger charge is -2.16. The molecular formula is C16H17FN2O4. The Morgan fingerprint density at radius 3 is 2.48 bits per heavy atom. The molecule has 0 aliphatic heterocycles. The normalized spacial score (nSPS) is 12.2. The van der Waals surface area contributed by atoms with Gasteiger partial charge in [-0.15, -0.1) is 0 Å². The first-order chi connectivity index (χ1) is 10.9. The van der Waals surface area contributed by atoms with Gasteiger partial charge in [0.05, 0.1) is 12.5 Å². The number of carboxylic acids is 1. The summed E-state index contributed by atoms with van der Waals surface area (Å²) >= 11 is 0. The smallest absolute Gasteiger partial charge is 0.305 e. The van der Waals surface area contributed by atoms with Gasteiger partial charge in [-0.1, -0.05) is 31.1 Å². The Morgan fingerprint density at radius 2 is 1.96 bits per heavy atom. The Kier molecular flexibility index (Phi) is 5.10. The maximum Gasteiger partial charge on any atom is 0.305 e. The van der Waals surface area contributed by atoms with Gasteiger partial charge in [0.15, 0.2) is 5.69 Å². The largest absolute Gasteiger partial charge is 0.481 e. The van der Waals surface area contributed by atoms with Gasteiger partial charge in [0.25, 0.3) is 5.91 Å². The third-order valence-corrected chi connectivity index (χ3v) is 3.29. The molecule has 0 bridgehead atoms. The number of aromatic nitrogens is 1. The van der Waals surface area contributed by atoms with Gasteiger partial charge in [0.1, 0.15) is 11.6 Å². The summed E-state index contributed by atoms with van der Waals surface area (Å²) in [6, 6.07) is 6.02. The van der Waals surface area contributed by atoms with Crippen LogP contribution in [0.5, 0.6) is 0 Å². The van der Waals surface area contributed by atoms with E-state index >= 15 is 0 Å². The van der Waals surface area contributed by atoms with E-state index in [0.717, 1.165) is 0 Å². The molecule has 122 valence electrons. The summed E-state index contributed by atoms with van der Waals surface area (Å²) in [5.74, 6) is -1.42. The predicted octanol–water partition coefficient (Wildman–Crippen LogP) is 2.88. The van der Waals surface area contributed by atoms with Gasteiger partial charge >= 0.3 is 5.97 Å². The number of nitrogens with zero attached hydrogens (tertiary/aromatic N) is 1. The lowest BCUT2D eigenvalue weighted by atomic mass is 10.0. The van der Waals surface area contributed by atoms with Crippen LogP contribution in [0, 0.1) is 5.82 Å². The molecule has 0 spiro atoms. The van der Waals surface area contributed by atoms with E-state index in [-0.39, 0.29) is 18.0 Å². The number of nitrogens with one attached hydrogen (secondary N) is 1. The molecule has 6 nitrogen and oxygen atoms in total. The quantitative estimate of drug-likeness (QED) is 0.854. The van der Waals surface area contributed by atoms with Crippen molar-refractivity contribution in [2.45, 2.75) is 32.2 Å². The van der Waals surface area contributed by atoms with Gasteiger partial charge in [-0.2, -0.15) is 0 Å². The molecule has 1 heterocycles. The molecule has 1 aromatic heterocycles. The summed E-state index contributed by atoms with van der Waals surface area (Å²) in [5, 5.41) is 15.3. The minimum Gasteiger partial charge on any atom is -0.481 e. The summed E-state index contributed by atoms with van der Waals surface area (Å²) in [4.78, 5) is 23.2. The zero-order chi connectivity index (χ0) is 17.0. The van der Waals surface area contributed by atoms with E-state index in [1.165, 1.54) is 30.3 Å². The minimum atomic E-state index is -1.08. The summed E-state index contributed by atoms with van der Waals surface area (Å²) in [6.07, 6.45) is -0.327. The van der Waals surface area contributed by atoms with Crippen LogP contribution in [0.3, 0.4) is 0 Å². The van der Waals surface area contributed by atoms with E-state index < -0.39 is 23.7 Å². The number of aliphatic carboxylic acids is 1. The molecule has 0 fully saturated rings. The van der Waals surface area contributed by atoms with Crippen molar-refractivity contribution in [3.05, 3.63) is 53.2 Å². The molecule has 0 unspecified atom stereocenters. The van der Waals surface area contributed by atoms with Crippen molar-refractivity contribution >= 4 is 11.9 Å². The first-order valence-corrected chi connectivity index (χ1v) is 7.11. The van der Waals surface area contributed by atoms with Crippen molar-refractivity contribution in [2.75, 3.05) is 0 Å². The van der Waals surface area contributed by atoms with Crippen LogP contribution in [0.2, 0.25) is 0 Å². The van der Waals surface area contributed by atoms with Crippen molar-refractivity contribution in [1.29, 1.82) is 0 Å². The second-order valence-electron chi connectivity index (χ2n) is 5.44. The number of benzene rings is 1. The number of halogens is 1. The van der Waals surface area contributed by atoms with Gasteiger partial charge in [0.2, 0.25) is 0 Å². The average Bonchev–Trinajstić information content (AvgIpc) is 2.97. The third-order valence-electron chi connectivity index (χ3n) is 3.29. The fraction of sp³-hybridized carbons (Fsp3) is 0.312. The Bertz CT molecular complexity index is 694. The highest BCUT2D eigenvalue weighted by Crippen LogP contribution is 2.19. The highest BCUT2D eigenvalue weighted by Gasteiger charge is 2.21. The molecule has 0 radical (unpaired) electrons. The maximum atomic E-state index is 13.0. The number of amides is 1. The molecule has 0 saturated carbocycles. The van der Waals surface area contributed by atoms with E-state index in [0.29, 0.717) is 11.3 Å². The lowest BCUT2D eigenvalue weighted by Crippen LogP contribution is -2.30. The van der Waals surface area contributed by atoms with Crippen molar-refractivity contribution in [1.82, 2.24) is 10.5 Å². The first-order valence-electron chi connectivity index (χ1n) is 7.11. The third kappa shape index (κ3) is 4.38. The van der Waals surface area contributed by atoms with Crippen molar-refractivity contribution < 1.29 is 23.6 Å². The molecule has 2 aromatic rings. The zero-order valence-corrected chi connectivity index (χ0v) is 12.7. The first kappa shape index (κ1) is 16.7. The summed E-state index contributed by atoms with van der Waals surface area (Å²) in [6.45, 7) is 3.79. The molecule has 0 aliphatic rings. The van der Waals surface area contributed by atoms with Crippen LogP contribution in [0.4, 0.5) is 4.39 Å². The standard InChI is InChI=1S/C16H17FN2O4/c1-9(2)14-7-13(19-23-14)16(22)18-12(8-15(20)21)10-3-5-11(17)6-4-10/h3-7,9,12H,8H2,1-2H3,(H,18,22)(H,20,21)/t12-/m1/s1. The van der Waals surface area contributed by atoms with Crippen molar-refractivity contribution in [3.63, 3.8) is 0 Å². The van der Waals surface area contributed by atoms with Gasteiger partial charge in [0, 0.05) is 12.0 Å². The van der Waals surface area contributed by atoms with Crippen LogP contribution >= 0.6 is 0 Å². The fourth-order valence-corrected chi connectivity index (χ4v) is 2.02. The average molecular weight is 320 g/mol. The van der Waals surface area contributed by atoms with E-state index in [9.17, 15) is 14.0 Å². The van der Waals surface area contributed by atoms with Gasteiger partial charge in [-0.3, -0.25) is 9.59 Å². The van der Waals surface area contributed by atoms with Gasteiger partial charge in [-0.25, -0.2) is 4.39 Å². The molecule has 7 heteroatoms. The molecule has 23 heavy (non-hydrogen) atoms. The van der Waals surface area contributed by atoms with Crippen LogP contribution < -0.4 is 5.32 Å². The number of carboxylic acid groups (broad SMARTS) is 1. The van der Waals surface area contributed by atoms with E-state index in [1.807, 2.05) is 13.8 Å². The molecule has 1 atom stereocenters. The molecule has 0 aliphatic carbocycles. The molecule has 1 amide bonds. The van der Waals surface area contributed by atoms with Crippen LogP contribution in [0.15, 0.2) is 34.9 Å². The lowest BCUT2D eigenvalue weighted by molar-refractivity contribution is -0.137. The summed E-state index contributed by atoms with van der Waals surface area (Å²) < 4.78 is 18.0. The van der Waals surface area contributed by atoms with Crippen molar-refractivity contribution in [3.8, 4) is 0 Å². The highest BCUT2D eigenvalue weighted by molar-refractivity contribution is 5.92. The number of carbonyl (C=O) groups is 2.